The van der Waals surface area contributed by atoms with E-state index in [2.05, 4.69) is 12.2 Å². The first-order chi connectivity index (χ1) is 7.31. The minimum atomic E-state index is -0.328. The largest absolute Gasteiger partial charge is 0.387 e. The highest BCUT2D eigenvalue weighted by atomic mass is 32.1. The molecule has 1 aromatic rings. The van der Waals surface area contributed by atoms with Crippen molar-refractivity contribution < 1.29 is 5.11 Å². The van der Waals surface area contributed by atoms with Crippen LogP contribution in [0, 0.1) is 5.92 Å². The molecule has 0 spiro atoms. The van der Waals surface area contributed by atoms with Gasteiger partial charge in [-0.15, -0.1) is 0 Å². The van der Waals surface area contributed by atoms with E-state index in [0.717, 1.165) is 24.4 Å². The van der Waals surface area contributed by atoms with Gasteiger partial charge in [-0.2, -0.15) is 11.3 Å². The number of hydrogen-bond acceptors (Lipinski definition) is 3. The second-order valence-electron chi connectivity index (χ2n) is 4.36. The molecule has 2 heterocycles. The summed E-state index contributed by atoms with van der Waals surface area (Å²) < 4.78 is 0. The van der Waals surface area contributed by atoms with Crippen molar-refractivity contribution in [3.8, 4) is 0 Å². The second-order valence-corrected chi connectivity index (χ2v) is 5.14. The fourth-order valence-electron chi connectivity index (χ4n) is 2.32. The first kappa shape index (κ1) is 11.1. The maximum atomic E-state index is 10.2. The summed E-state index contributed by atoms with van der Waals surface area (Å²) in [7, 11) is 0. The highest BCUT2D eigenvalue weighted by Gasteiger charge is 2.27. The van der Waals surface area contributed by atoms with Gasteiger partial charge in [0.15, 0.2) is 0 Å². The number of aliphatic hydroxyl groups excluding tert-OH is 1. The van der Waals surface area contributed by atoms with Crippen LogP contribution < -0.4 is 5.32 Å². The zero-order valence-corrected chi connectivity index (χ0v) is 9.96. The monoisotopic (exact) mass is 225 g/mol. The molecule has 15 heavy (non-hydrogen) atoms. The van der Waals surface area contributed by atoms with Crippen molar-refractivity contribution >= 4 is 11.3 Å². The highest BCUT2D eigenvalue weighted by Crippen LogP contribution is 2.28. The maximum absolute atomic E-state index is 10.2. The summed E-state index contributed by atoms with van der Waals surface area (Å²) in [5.74, 6) is 0.782. The first-order valence-corrected chi connectivity index (χ1v) is 6.69. The Morgan fingerprint density at radius 2 is 2.53 bits per heavy atom. The molecule has 3 atom stereocenters. The Balaban J connectivity index is 1.98. The average molecular weight is 225 g/mol. The van der Waals surface area contributed by atoms with E-state index in [4.69, 9.17) is 0 Å². The van der Waals surface area contributed by atoms with Gasteiger partial charge in [0.2, 0.25) is 0 Å². The van der Waals surface area contributed by atoms with Gasteiger partial charge in [0.05, 0.1) is 6.10 Å². The van der Waals surface area contributed by atoms with Crippen LogP contribution in [0.3, 0.4) is 0 Å². The van der Waals surface area contributed by atoms with Crippen molar-refractivity contribution in [3.63, 3.8) is 0 Å². The Morgan fingerprint density at radius 1 is 1.67 bits per heavy atom. The molecular formula is C12H19NOS. The molecule has 2 rings (SSSR count). The zero-order chi connectivity index (χ0) is 10.7. The highest BCUT2D eigenvalue weighted by molar-refractivity contribution is 7.07. The lowest BCUT2D eigenvalue weighted by Crippen LogP contribution is -2.41. The number of nitrogens with one attached hydrogen (secondary N) is 1. The Hall–Kier alpha value is -0.380. The van der Waals surface area contributed by atoms with Crippen LogP contribution in [0.25, 0.3) is 0 Å². The van der Waals surface area contributed by atoms with Gasteiger partial charge in [0, 0.05) is 6.04 Å². The minimum Gasteiger partial charge on any atom is -0.387 e. The molecule has 2 nitrogen and oxygen atoms in total. The van der Waals surface area contributed by atoms with Crippen LogP contribution in [0.4, 0.5) is 0 Å². The molecule has 0 aliphatic carbocycles. The van der Waals surface area contributed by atoms with Gasteiger partial charge < -0.3 is 10.4 Å². The van der Waals surface area contributed by atoms with Crippen molar-refractivity contribution in [2.45, 2.75) is 38.3 Å². The Kier molecular flexibility index (Phi) is 3.78. The molecule has 0 amide bonds. The third-order valence-electron chi connectivity index (χ3n) is 3.39. The molecule has 1 saturated heterocycles. The molecule has 1 aliphatic rings. The molecule has 3 unspecified atom stereocenters. The van der Waals surface area contributed by atoms with Gasteiger partial charge in [-0.25, -0.2) is 0 Å². The Morgan fingerprint density at radius 3 is 3.20 bits per heavy atom. The van der Waals surface area contributed by atoms with Gasteiger partial charge in [-0.1, -0.05) is 13.3 Å². The van der Waals surface area contributed by atoms with E-state index in [9.17, 15) is 5.11 Å². The average Bonchev–Trinajstić information content (AvgIpc) is 2.81. The van der Waals surface area contributed by atoms with E-state index in [1.54, 1.807) is 11.3 Å². The van der Waals surface area contributed by atoms with E-state index in [-0.39, 0.29) is 12.1 Å². The summed E-state index contributed by atoms with van der Waals surface area (Å²) in [6, 6.07) is 2.27. The molecule has 0 bridgehead atoms. The van der Waals surface area contributed by atoms with Gasteiger partial charge >= 0.3 is 0 Å². The van der Waals surface area contributed by atoms with Gasteiger partial charge in [-0.3, -0.25) is 0 Å². The SMILES string of the molecule is CCC1CCNC(C(O)c2ccsc2)C1. The summed E-state index contributed by atoms with van der Waals surface area (Å²) >= 11 is 1.65. The predicted octanol–water partition coefficient (Wildman–Crippen LogP) is 2.56. The van der Waals surface area contributed by atoms with Crippen LogP contribution in [-0.2, 0) is 0 Å². The lowest BCUT2D eigenvalue weighted by atomic mass is 9.87. The van der Waals surface area contributed by atoms with Crippen molar-refractivity contribution in [3.05, 3.63) is 22.4 Å². The molecule has 1 aromatic heterocycles. The third kappa shape index (κ3) is 2.60. The van der Waals surface area contributed by atoms with Crippen LogP contribution in [0.2, 0.25) is 0 Å². The summed E-state index contributed by atoms with van der Waals surface area (Å²) in [5.41, 5.74) is 1.06. The lowest BCUT2D eigenvalue weighted by Gasteiger charge is -2.32. The summed E-state index contributed by atoms with van der Waals surface area (Å²) in [5, 5.41) is 17.7. The molecule has 0 saturated carbocycles. The molecule has 2 N–H and O–H groups in total. The topological polar surface area (TPSA) is 32.3 Å². The normalized spacial score (nSPS) is 28.9. The third-order valence-corrected chi connectivity index (χ3v) is 4.09. The van der Waals surface area contributed by atoms with E-state index in [1.165, 1.54) is 12.8 Å². The molecule has 0 aromatic carbocycles. The number of aliphatic hydroxyl groups is 1. The standard InChI is InChI=1S/C12H19NOS/c1-2-9-3-5-13-11(7-9)12(14)10-4-6-15-8-10/h4,6,8-9,11-14H,2-3,5,7H2,1H3. The van der Waals surface area contributed by atoms with Crippen molar-refractivity contribution in [2.24, 2.45) is 5.92 Å². The number of piperidine rings is 1. The molecule has 3 heteroatoms. The predicted molar refractivity (Wildman–Crippen MR) is 64.1 cm³/mol. The van der Waals surface area contributed by atoms with Crippen molar-refractivity contribution in [2.75, 3.05) is 6.54 Å². The van der Waals surface area contributed by atoms with Crippen LogP contribution in [0.15, 0.2) is 16.8 Å². The zero-order valence-electron chi connectivity index (χ0n) is 9.15. The molecular weight excluding hydrogens is 206 g/mol. The van der Waals surface area contributed by atoms with Crippen molar-refractivity contribution in [1.29, 1.82) is 0 Å². The summed E-state index contributed by atoms with van der Waals surface area (Å²) in [4.78, 5) is 0. The lowest BCUT2D eigenvalue weighted by molar-refractivity contribution is 0.0982. The summed E-state index contributed by atoms with van der Waals surface area (Å²) in [6.07, 6.45) is 3.26. The van der Waals surface area contributed by atoms with Crippen LogP contribution in [0.1, 0.15) is 37.9 Å². The second kappa shape index (κ2) is 5.10. The van der Waals surface area contributed by atoms with E-state index in [0.29, 0.717) is 0 Å². The maximum Gasteiger partial charge on any atom is 0.0951 e. The molecule has 1 aliphatic heterocycles. The van der Waals surface area contributed by atoms with Gasteiger partial charge in [0.25, 0.3) is 0 Å². The summed E-state index contributed by atoms with van der Waals surface area (Å²) in [6.45, 7) is 3.29. The minimum absolute atomic E-state index is 0.248. The quantitative estimate of drug-likeness (QED) is 0.828. The number of thiophene rings is 1. The van der Waals surface area contributed by atoms with Crippen molar-refractivity contribution in [1.82, 2.24) is 5.32 Å². The first-order valence-electron chi connectivity index (χ1n) is 5.74. The molecule has 0 radical (unpaired) electrons. The Labute approximate surface area is 95.3 Å². The number of hydrogen-bond donors (Lipinski definition) is 2. The van der Waals surface area contributed by atoms with Crippen LogP contribution in [-0.4, -0.2) is 17.7 Å². The van der Waals surface area contributed by atoms with Gasteiger partial charge in [0.1, 0.15) is 0 Å². The Bertz CT molecular complexity index is 286. The van der Waals surface area contributed by atoms with Crippen LogP contribution in [0.5, 0.6) is 0 Å². The fraction of sp³-hybridized carbons (Fsp3) is 0.667. The van der Waals surface area contributed by atoms with E-state index < -0.39 is 0 Å². The molecule has 1 fully saturated rings. The number of rotatable bonds is 3. The molecule has 84 valence electrons. The fourth-order valence-corrected chi connectivity index (χ4v) is 3.01. The van der Waals surface area contributed by atoms with Gasteiger partial charge in [-0.05, 0) is 47.7 Å². The smallest absolute Gasteiger partial charge is 0.0951 e. The van der Waals surface area contributed by atoms with E-state index >= 15 is 0 Å². The van der Waals surface area contributed by atoms with E-state index in [1.807, 2.05) is 16.8 Å². The van der Waals surface area contributed by atoms with Crippen LogP contribution >= 0.6 is 11.3 Å².